The van der Waals surface area contributed by atoms with Gasteiger partial charge in [-0.05, 0) is 26.0 Å². The number of aromatic nitrogens is 2. The summed E-state index contributed by atoms with van der Waals surface area (Å²) in [6.45, 7) is 3.84. The molecule has 0 bridgehead atoms. The van der Waals surface area contributed by atoms with Gasteiger partial charge in [-0.2, -0.15) is 12.7 Å². The monoisotopic (exact) mass is 268 g/mol. The van der Waals surface area contributed by atoms with Gasteiger partial charge in [-0.25, -0.2) is 4.98 Å². The van der Waals surface area contributed by atoms with Crippen molar-refractivity contribution in [1.29, 1.82) is 0 Å². The Kier molecular flexibility index (Phi) is 3.04. The molecule has 6 nitrogen and oxygen atoms in total. The van der Waals surface area contributed by atoms with Crippen LogP contribution in [0.4, 0.5) is 5.69 Å². The van der Waals surface area contributed by atoms with Crippen LogP contribution in [-0.2, 0) is 10.2 Å². The van der Waals surface area contributed by atoms with E-state index in [1.165, 1.54) is 14.1 Å². The van der Waals surface area contributed by atoms with Crippen molar-refractivity contribution in [3.05, 3.63) is 29.7 Å². The van der Waals surface area contributed by atoms with Crippen molar-refractivity contribution in [2.45, 2.75) is 13.8 Å². The predicted molar refractivity (Wildman–Crippen MR) is 70.9 cm³/mol. The summed E-state index contributed by atoms with van der Waals surface area (Å²) in [7, 11) is -0.563. The normalized spacial score (nSPS) is 12.3. The fourth-order valence-corrected chi connectivity index (χ4v) is 2.23. The number of anilines is 1. The van der Waals surface area contributed by atoms with Crippen LogP contribution in [0.2, 0.25) is 0 Å². The molecule has 0 fully saturated rings. The summed E-state index contributed by atoms with van der Waals surface area (Å²) in [5.41, 5.74) is 2.96. The van der Waals surface area contributed by atoms with Gasteiger partial charge in [-0.15, -0.1) is 0 Å². The van der Waals surface area contributed by atoms with Crippen LogP contribution in [0.3, 0.4) is 0 Å². The van der Waals surface area contributed by atoms with Crippen LogP contribution in [0.5, 0.6) is 0 Å². The van der Waals surface area contributed by atoms with Gasteiger partial charge in [0.1, 0.15) is 0 Å². The summed E-state index contributed by atoms with van der Waals surface area (Å²) >= 11 is 0. The van der Waals surface area contributed by atoms with Crippen LogP contribution >= 0.6 is 0 Å². The Bertz CT molecular complexity index is 688. The molecule has 0 amide bonds. The van der Waals surface area contributed by atoms with E-state index in [1.807, 2.05) is 24.4 Å². The highest BCUT2D eigenvalue weighted by Gasteiger charge is 2.16. The molecular weight excluding hydrogens is 252 g/mol. The third-order valence-electron chi connectivity index (χ3n) is 2.85. The first kappa shape index (κ1) is 12.8. The molecule has 0 aromatic carbocycles. The van der Waals surface area contributed by atoms with Crippen molar-refractivity contribution in [2.24, 2.45) is 0 Å². The molecule has 2 aromatic heterocycles. The van der Waals surface area contributed by atoms with Gasteiger partial charge < -0.3 is 4.40 Å². The maximum atomic E-state index is 11.8. The Morgan fingerprint density at radius 3 is 2.61 bits per heavy atom. The molecule has 2 heterocycles. The van der Waals surface area contributed by atoms with E-state index in [9.17, 15) is 8.42 Å². The number of nitrogens with one attached hydrogen (secondary N) is 1. The number of hydrogen-bond donors (Lipinski definition) is 1. The topological polar surface area (TPSA) is 66.7 Å². The molecule has 0 atom stereocenters. The third-order valence-corrected chi connectivity index (χ3v) is 4.28. The van der Waals surface area contributed by atoms with E-state index < -0.39 is 10.2 Å². The second-order valence-electron chi connectivity index (χ2n) is 4.29. The van der Waals surface area contributed by atoms with Crippen LogP contribution < -0.4 is 4.72 Å². The number of fused-ring (bicyclic) bond motifs is 1. The highest BCUT2D eigenvalue weighted by atomic mass is 32.2. The zero-order valence-electron chi connectivity index (χ0n) is 10.8. The molecule has 0 aliphatic carbocycles. The average Bonchev–Trinajstić information content (AvgIpc) is 2.57. The first-order valence-corrected chi connectivity index (χ1v) is 6.91. The summed E-state index contributed by atoms with van der Waals surface area (Å²) in [6.07, 6.45) is 1.86. The summed E-state index contributed by atoms with van der Waals surface area (Å²) in [5, 5.41) is 0. The fraction of sp³-hybridized carbons (Fsp3) is 0.364. The molecule has 1 N–H and O–H groups in total. The zero-order chi connectivity index (χ0) is 13.5. The van der Waals surface area contributed by atoms with Gasteiger partial charge >= 0.3 is 10.2 Å². The van der Waals surface area contributed by atoms with E-state index in [0.29, 0.717) is 11.3 Å². The Labute approximate surface area is 106 Å². The lowest BCUT2D eigenvalue weighted by Crippen LogP contribution is -2.29. The van der Waals surface area contributed by atoms with E-state index in [-0.39, 0.29) is 0 Å². The van der Waals surface area contributed by atoms with Crippen molar-refractivity contribution in [3.63, 3.8) is 0 Å². The van der Waals surface area contributed by atoms with Gasteiger partial charge in [0, 0.05) is 26.0 Å². The Balaban J connectivity index is 2.56. The number of hydrogen-bond acceptors (Lipinski definition) is 3. The summed E-state index contributed by atoms with van der Waals surface area (Å²) in [5.74, 6) is 0. The van der Waals surface area contributed by atoms with Crippen molar-refractivity contribution in [3.8, 4) is 0 Å². The van der Waals surface area contributed by atoms with E-state index >= 15 is 0 Å². The molecule has 2 aromatic rings. The minimum Gasteiger partial charge on any atom is -0.302 e. The van der Waals surface area contributed by atoms with E-state index in [1.54, 1.807) is 12.1 Å². The second kappa shape index (κ2) is 4.25. The van der Waals surface area contributed by atoms with Gasteiger partial charge in [-0.1, -0.05) is 0 Å². The van der Waals surface area contributed by atoms with E-state index in [0.717, 1.165) is 15.7 Å². The molecule has 18 heavy (non-hydrogen) atoms. The van der Waals surface area contributed by atoms with Gasteiger partial charge in [-0.3, -0.25) is 4.72 Å². The highest BCUT2D eigenvalue weighted by Crippen LogP contribution is 2.20. The van der Waals surface area contributed by atoms with Crippen molar-refractivity contribution in [1.82, 2.24) is 13.7 Å². The molecule has 0 spiro atoms. The van der Waals surface area contributed by atoms with Crippen molar-refractivity contribution < 1.29 is 8.42 Å². The summed E-state index contributed by atoms with van der Waals surface area (Å²) in [6, 6.07) is 3.48. The molecule has 0 aliphatic rings. The molecule has 0 unspecified atom stereocenters. The molecule has 0 saturated carbocycles. The maximum Gasteiger partial charge on any atom is 0.301 e. The van der Waals surface area contributed by atoms with Crippen molar-refractivity contribution in [2.75, 3.05) is 18.8 Å². The minimum atomic E-state index is -3.52. The van der Waals surface area contributed by atoms with Crippen LogP contribution in [0.25, 0.3) is 5.65 Å². The first-order chi connectivity index (χ1) is 8.33. The van der Waals surface area contributed by atoms with Gasteiger partial charge in [0.15, 0.2) is 5.65 Å². The molecule has 7 heteroatoms. The van der Waals surface area contributed by atoms with Crippen LogP contribution in [0.1, 0.15) is 11.4 Å². The maximum absolute atomic E-state index is 11.8. The predicted octanol–water partition coefficient (Wildman–Crippen LogP) is 1.17. The second-order valence-corrected chi connectivity index (χ2v) is 6.17. The van der Waals surface area contributed by atoms with Crippen molar-refractivity contribution >= 4 is 21.5 Å². The smallest absolute Gasteiger partial charge is 0.301 e. The lowest BCUT2D eigenvalue weighted by atomic mass is 10.4. The number of imidazole rings is 1. The zero-order valence-corrected chi connectivity index (χ0v) is 11.6. The van der Waals surface area contributed by atoms with E-state index in [2.05, 4.69) is 9.71 Å². The van der Waals surface area contributed by atoms with Crippen LogP contribution in [0.15, 0.2) is 18.3 Å². The van der Waals surface area contributed by atoms with Gasteiger partial charge in [0.2, 0.25) is 0 Å². The van der Waals surface area contributed by atoms with Gasteiger partial charge in [0.05, 0.1) is 11.4 Å². The molecule has 2 rings (SSSR count). The quantitative estimate of drug-likeness (QED) is 0.908. The molecular formula is C11H16N4O2S. The Hall–Kier alpha value is -1.60. The lowest BCUT2D eigenvalue weighted by Gasteiger charge is -2.13. The lowest BCUT2D eigenvalue weighted by molar-refractivity contribution is 0.527. The minimum absolute atomic E-state index is 0.474. The Morgan fingerprint density at radius 1 is 1.33 bits per heavy atom. The number of nitrogens with zero attached hydrogens (tertiary/aromatic N) is 3. The largest absolute Gasteiger partial charge is 0.302 e. The summed E-state index contributed by atoms with van der Waals surface area (Å²) < 4.78 is 29.1. The number of pyridine rings is 1. The molecule has 0 aliphatic heterocycles. The average molecular weight is 268 g/mol. The van der Waals surface area contributed by atoms with E-state index in [4.69, 9.17) is 0 Å². The number of aryl methyl sites for hydroxylation is 2. The van der Waals surface area contributed by atoms with Crippen LogP contribution in [0, 0.1) is 13.8 Å². The Morgan fingerprint density at radius 2 is 2.00 bits per heavy atom. The fourth-order valence-electron chi connectivity index (χ4n) is 1.61. The standard InChI is InChI=1S/C11H16N4O2S/c1-8-9(2)15-7-5-6-10(11(15)12-8)13-18(16,17)14(3)4/h5-7,13H,1-4H3. The molecule has 98 valence electrons. The number of rotatable bonds is 3. The summed E-state index contributed by atoms with van der Waals surface area (Å²) in [4.78, 5) is 4.37. The third kappa shape index (κ3) is 2.06. The SMILES string of the molecule is Cc1nc2c(NS(=O)(=O)N(C)C)cccn2c1C. The molecule has 0 radical (unpaired) electrons. The highest BCUT2D eigenvalue weighted by molar-refractivity contribution is 7.90. The first-order valence-electron chi connectivity index (χ1n) is 5.47. The molecule has 0 saturated heterocycles. The van der Waals surface area contributed by atoms with Gasteiger partial charge in [0.25, 0.3) is 0 Å². The van der Waals surface area contributed by atoms with Crippen LogP contribution in [-0.4, -0.2) is 36.2 Å².